The maximum Gasteiger partial charge on any atom is 0.178 e. The molecule has 1 aliphatic heterocycles. The molecule has 0 bridgehead atoms. The summed E-state index contributed by atoms with van der Waals surface area (Å²) in [6.07, 6.45) is 3.64. The lowest BCUT2D eigenvalue weighted by atomic mass is 10.1. The highest BCUT2D eigenvalue weighted by Crippen LogP contribution is 2.19. The topological polar surface area (TPSA) is 45.2 Å². The normalized spacial score (nSPS) is 15.4. The fourth-order valence-electron chi connectivity index (χ4n) is 1.03. The van der Waals surface area contributed by atoms with Crippen LogP contribution in [-0.2, 0) is 11.2 Å². The van der Waals surface area contributed by atoms with Gasteiger partial charge < -0.3 is 4.98 Å². The minimum atomic E-state index is 0.0760. The number of hydrogen-bond acceptors (Lipinski definition) is 2. The summed E-state index contributed by atoms with van der Waals surface area (Å²) in [5.41, 5.74) is 0.993. The number of hydrogen-bond donors (Lipinski definition) is 1. The number of aliphatic imine (C=N–C) groups is 1. The Bertz CT molecular complexity index is 298. The van der Waals surface area contributed by atoms with E-state index in [2.05, 4.69) is 9.98 Å². The van der Waals surface area contributed by atoms with Crippen LogP contribution in [0.5, 0.6) is 0 Å². The number of aromatic nitrogens is 1. The number of ketones is 1. The van der Waals surface area contributed by atoms with Crippen LogP contribution in [0.3, 0.4) is 0 Å². The fourth-order valence-corrected chi connectivity index (χ4v) is 1.03. The summed E-state index contributed by atoms with van der Waals surface area (Å²) in [4.78, 5) is 17.6. The van der Waals surface area contributed by atoms with Crippen LogP contribution in [0.15, 0.2) is 17.3 Å². The number of fused-ring (bicyclic) bond motifs is 1. The van der Waals surface area contributed by atoms with E-state index in [1.807, 2.05) is 6.07 Å². The first-order valence-electron chi connectivity index (χ1n) is 3.09. The minimum absolute atomic E-state index is 0.0760. The molecule has 1 aromatic heterocycles. The summed E-state index contributed by atoms with van der Waals surface area (Å²) in [6.45, 7) is 0. The Morgan fingerprint density at radius 3 is 3.40 bits per heavy atom. The van der Waals surface area contributed by atoms with Crippen LogP contribution in [0.1, 0.15) is 5.56 Å². The van der Waals surface area contributed by atoms with Gasteiger partial charge in [-0.2, -0.15) is 0 Å². The molecule has 1 aliphatic rings. The van der Waals surface area contributed by atoms with Gasteiger partial charge in [0.1, 0.15) is 5.82 Å². The van der Waals surface area contributed by atoms with E-state index in [0.717, 1.165) is 11.4 Å². The second-order valence-electron chi connectivity index (χ2n) is 2.25. The molecule has 0 aromatic carbocycles. The first-order chi connectivity index (χ1) is 4.86. The van der Waals surface area contributed by atoms with Crippen molar-refractivity contribution in [2.45, 2.75) is 6.42 Å². The van der Waals surface area contributed by atoms with Gasteiger partial charge in [-0.15, -0.1) is 0 Å². The van der Waals surface area contributed by atoms with E-state index in [1.165, 1.54) is 6.21 Å². The smallest absolute Gasteiger partial charge is 0.178 e. The maximum atomic E-state index is 10.8. The van der Waals surface area contributed by atoms with Crippen molar-refractivity contribution in [3.05, 3.63) is 17.8 Å². The van der Waals surface area contributed by atoms with Crippen LogP contribution in [0.25, 0.3) is 0 Å². The lowest BCUT2D eigenvalue weighted by Crippen LogP contribution is -2.06. The van der Waals surface area contributed by atoms with Crippen LogP contribution < -0.4 is 0 Å². The molecule has 0 saturated carbocycles. The van der Waals surface area contributed by atoms with Gasteiger partial charge in [-0.25, -0.2) is 4.99 Å². The van der Waals surface area contributed by atoms with Gasteiger partial charge in [0, 0.05) is 18.2 Å². The molecule has 0 fully saturated rings. The third kappa shape index (κ3) is 0.673. The molecule has 0 amide bonds. The molecule has 0 spiro atoms. The third-order valence-electron chi connectivity index (χ3n) is 1.51. The van der Waals surface area contributed by atoms with Gasteiger partial charge in [0.2, 0.25) is 0 Å². The van der Waals surface area contributed by atoms with E-state index in [4.69, 9.17) is 0 Å². The van der Waals surface area contributed by atoms with Crippen LogP contribution in [0.2, 0.25) is 0 Å². The van der Waals surface area contributed by atoms with Crippen LogP contribution in [0, 0.1) is 0 Å². The number of nitrogens with zero attached hydrogens (tertiary/aromatic N) is 1. The standard InChI is InChI=1S/C7H6N2O/c10-6-3-5-1-2-8-7(5)9-4-6/h1-2,4,8H,3H2. The zero-order valence-corrected chi connectivity index (χ0v) is 5.29. The number of carbonyl (C=O) groups is 1. The van der Waals surface area contributed by atoms with Crippen molar-refractivity contribution in [2.24, 2.45) is 4.99 Å². The quantitative estimate of drug-likeness (QED) is 0.561. The predicted molar refractivity (Wildman–Crippen MR) is 37.7 cm³/mol. The van der Waals surface area contributed by atoms with Crippen molar-refractivity contribution in [2.75, 3.05) is 0 Å². The highest BCUT2D eigenvalue weighted by Gasteiger charge is 2.10. The molecule has 0 aliphatic carbocycles. The number of nitrogens with one attached hydrogen (secondary N) is 1. The summed E-state index contributed by atoms with van der Waals surface area (Å²) in [7, 11) is 0. The van der Waals surface area contributed by atoms with Gasteiger partial charge in [-0.1, -0.05) is 0 Å². The van der Waals surface area contributed by atoms with Crippen molar-refractivity contribution in [3.8, 4) is 0 Å². The number of Topliss-reactive ketones (excluding diaryl/α,β-unsaturated/α-hetero) is 1. The lowest BCUT2D eigenvalue weighted by Gasteiger charge is -2.00. The molecule has 2 heterocycles. The molecule has 3 nitrogen and oxygen atoms in total. The number of carbonyl (C=O) groups excluding carboxylic acids is 1. The van der Waals surface area contributed by atoms with E-state index in [-0.39, 0.29) is 5.78 Å². The van der Waals surface area contributed by atoms with Gasteiger partial charge in [-0.05, 0) is 6.07 Å². The summed E-state index contributed by atoms with van der Waals surface area (Å²) >= 11 is 0. The van der Waals surface area contributed by atoms with Crippen molar-refractivity contribution in [1.29, 1.82) is 0 Å². The molecular weight excluding hydrogens is 128 g/mol. The van der Waals surface area contributed by atoms with E-state index in [1.54, 1.807) is 6.20 Å². The third-order valence-corrected chi connectivity index (χ3v) is 1.51. The Labute approximate surface area is 57.8 Å². The summed E-state index contributed by atoms with van der Waals surface area (Å²) in [5, 5.41) is 0. The number of aromatic amines is 1. The Morgan fingerprint density at radius 2 is 2.50 bits per heavy atom. The molecule has 0 unspecified atom stereocenters. The Kier molecular flexibility index (Phi) is 0.974. The summed E-state index contributed by atoms with van der Waals surface area (Å²) in [6, 6.07) is 1.88. The Hall–Kier alpha value is -1.38. The molecule has 1 N–H and O–H groups in total. The number of H-pyrrole nitrogens is 1. The number of rotatable bonds is 0. The molecule has 0 saturated heterocycles. The lowest BCUT2D eigenvalue weighted by molar-refractivity contribution is -0.112. The summed E-state index contributed by atoms with van der Waals surface area (Å²) < 4.78 is 0. The largest absolute Gasteiger partial charge is 0.346 e. The zero-order chi connectivity index (χ0) is 6.97. The average Bonchev–Trinajstić information content (AvgIpc) is 2.33. The van der Waals surface area contributed by atoms with Gasteiger partial charge in [0.05, 0.1) is 6.21 Å². The average molecular weight is 134 g/mol. The van der Waals surface area contributed by atoms with E-state index >= 15 is 0 Å². The minimum Gasteiger partial charge on any atom is -0.346 e. The van der Waals surface area contributed by atoms with Crippen LogP contribution in [0.4, 0.5) is 5.82 Å². The zero-order valence-electron chi connectivity index (χ0n) is 5.29. The van der Waals surface area contributed by atoms with E-state index in [0.29, 0.717) is 6.42 Å². The van der Waals surface area contributed by atoms with Gasteiger partial charge in [-0.3, -0.25) is 4.79 Å². The second-order valence-corrected chi connectivity index (χ2v) is 2.25. The summed E-state index contributed by atoms with van der Waals surface area (Å²) in [5.74, 6) is 0.895. The van der Waals surface area contributed by atoms with Gasteiger partial charge >= 0.3 is 0 Å². The van der Waals surface area contributed by atoms with Crippen LogP contribution in [-0.4, -0.2) is 17.0 Å². The first-order valence-corrected chi connectivity index (χ1v) is 3.09. The molecule has 3 heteroatoms. The van der Waals surface area contributed by atoms with Gasteiger partial charge in [0.15, 0.2) is 5.78 Å². The maximum absolute atomic E-state index is 10.8. The molecule has 2 rings (SSSR count). The van der Waals surface area contributed by atoms with Crippen molar-refractivity contribution >= 4 is 17.8 Å². The second kappa shape index (κ2) is 1.80. The predicted octanol–water partition coefficient (Wildman–Crippen LogP) is 0.842. The Morgan fingerprint density at radius 1 is 1.60 bits per heavy atom. The monoisotopic (exact) mass is 134 g/mol. The SMILES string of the molecule is O=C1C=Nc2[nH]ccc2C1. The molecule has 10 heavy (non-hydrogen) atoms. The van der Waals surface area contributed by atoms with E-state index in [9.17, 15) is 4.79 Å². The molecule has 0 radical (unpaired) electrons. The molecular formula is C7H6N2O. The van der Waals surface area contributed by atoms with Crippen molar-refractivity contribution in [1.82, 2.24) is 4.98 Å². The molecule has 0 atom stereocenters. The van der Waals surface area contributed by atoms with Crippen molar-refractivity contribution < 1.29 is 4.79 Å². The first kappa shape index (κ1) is 5.41. The highest BCUT2D eigenvalue weighted by atomic mass is 16.1. The van der Waals surface area contributed by atoms with Gasteiger partial charge in [0.25, 0.3) is 0 Å². The van der Waals surface area contributed by atoms with Crippen LogP contribution >= 0.6 is 0 Å². The van der Waals surface area contributed by atoms with Crippen molar-refractivity contribution in [3.63, 3.8) is 0 Å². The highest BCUT2D eigenvalue weighted by molar-refractivity contribution is 6.29. The molecule has 1 aromatic rings. The van der Waals surface area contributed by atoms with E-state index < -0.39 is 0 Å². The fraction of sp³-hybridized carbons (Fsp3) is 0.143. The molecule has 50 valence electrons. The Balaban J connectivity index is 2.52.